The smallest absolute Gasteiger partial charge is 0.264 e. The average molecular weight is 640 g/mol. The van der Waals surface area contributed by atoms with Crippen LogP contribution in [0.3, 0.4) is 0 Å². The standard InChI is InChI=1S/C32H37N5O5S.ClH/c1-21-5-3-6-22(2)29(21)27-16-28-34-31(33-27)35-43(39,40)26-8-4-7-23(15-26)30(38)37-14-13-36(17-25(18-37)42-28)24-9-11-32(12-10-24)19-41-20-32;/h3-8,15-16,24-25H,9-14,17-20H2,1-2H3,(H,33,34,35);1H/t25-;/m1./s1. The zero-order valence-electron chi connectivity index (χ0n) is 25.0. The summed E-state index contributed by atoms with van der Waals surface area (Å²) in [4.78, 5) is 27.2. The van der Waals surface area contributed by atoms with Gasteiger partial charge in [0.25, 0.3) is 15.9 Å². The number of nitrogens with one attached hydrogen (secondary N) is 1. The van der Waals surface area contributed by atoms with Crippen molar-refractivity contribution in [2.75, 3.05) is 44.1 Å². The topological polar surface area (TPSA) is 114 Å². The fraction of sp³-hybridized carbons (Fsp3) is 0.469. The van der Waals surface area contributed by atoms with E-state index in [0.29, 0.717) is 42.3 Å². The number of nitrogens with zero attached hydrogens (tertiary/aromatic N) is 4. The monoisotopic (exact) mass is 639 g/mol. The van der Waals surface area contributed by atoms with Gasteiger partial charge in [0.2, 0.25) is 11.8 Å². The van der Waals surface area contributed by atoms with Crippen molar-refractivity contribution < 1.29 is 22.7 Å². The SMILES string of the molecule is Cc1cccc(C)c1-c1cc2nc(n1)NS(=O)(=O)c1cccc(c1)C(=O)N1CCN(C3CCC4(CC3)COC4)C[C@H](C1)O2.Cl. The number of benzene rings is 2. The van der Waals surface area contributed by atoms with Gasteiger partial charge in [-0.25, -0.2) is 18.1 Å². The van der Waals surface area contributed by atoms with Crippen molar-refractivity contribution in [3.63, 3.8) is 0 Å². The van der Waals surface area contributed by atoms with Crippen molar-refractivity contribution in [3.05, 3.63) is 65.2 Å². The van der Waals surface area contributed by atoms with E-state index in [1.165, 1.54) is 12.1 Å². The zero-order chi connectivity index (χ0) is 29.8. The molecule has 1 saturated carbocycles. The molecule has 4 aliphatic rings. The Morgan fingerprint density at radius 1 is 0.955 bits per heavy atom. The summed E-state index contributed by atoms with van der Waals surface area (Å²) in [7, 11) is -4.08. The van der Waals surface area contributed by atoms with E-state index in [1.807, 2.05) is 32.0 Å². The number of aryl methyl sites for hydroxylation is 2. The number of halogens is 1. The van der Waals surface area contributed by atoms with E-state index in [0.717, 1.165) is 62.1 Å². The van der Waals surface area contributed by atoms with Crippen molar-refractivity contribution in [1.82, 2.24) is 19.8 Å². The third-order valence-electron chi connectivity index (χ3n) is 9.50. The summed E-state index contributed by atoms with van der Waals surface area (Å²) in [6.07, 6.45) is 4.14. The van der Waals surface area contributed by atoms with Crippen LogP contribution in [0.1, 0.15) is 47.2 Å². The lowest BCUT2D eigenvalue weighted by atomic mass is 9.71. The molecule has 3 fully saturated rings. The first-order valence-corrected chi connectivity index (χ1v) is 16.5. The molecule has 1 amide bonds. The molecule has 234 valence electrons. The molecule has 3 aliphatic heterocycles. The van der Waals surface area contributed by atoms with Gasteiger partial charge in [0.1, 0.15) is 6.10 Å². The van der Waals surface area contributed by atoms with Gasteiger partial charge in [-0.2, -0.15) is 4.98 Å². The maximum Gasteiger partial charge on any atom is 0.264 e. The van der Waals surface area contributed by atoms with Crippen LogP contribution in [0.25, 0.3) is 11.3 Å². The molecule has 2 aromatic carbocycles. The summed E-state index contributed by atoms with van der Waals surface area (Å²) < 4.78 is 41.6. The second-order valence-electron chi connectivity index (χ2n) is 12.5. The molecule has 44 heavy (non-hydrogen) atoms. The van der Waals surface area contributed by atoms with Crippen LogP contribution in [0.5, 0.6) is 5.88 Å². The van der Waals surface area contributed by atoms with Crippen LogP contribution >= 0.6 is 12.4 Å². The maximum absolute atomic E-state index is 13.8. The molecule has 1 aliphatic carbocycles. The molecule has 6 bridgehead atoms. The van der Waals surface area contributed by atoms with Gasteiger partial charge in [0, 0.05) is 48.3 Å². The quantitative estimate of drug-likeness (QED) is 0.437. The zero-order valence-corrected chi connectivity index (χ0v) is 26.6. The van der Waals surface area contributed by atoms with Crippen molar-refractivity contribution in [1.29, 1.82) is 0 Å². The van der Waals surface area contributed by atoms with Gasteiger partial charge in [0.05, 0.1) is 30.3 Å². The number of carbonyl (C=O) groups is 1. The second kappa shape index (κ2) is 11.9. The predicted octanol–water partition coefficient (Wildman–Crippen LogP) is 4.46. The highest BCUT2D eigenvalue weighted by molar-refractivity contribution is 7.92. The Bertz CT molecular complexity index is 1650. The number of sulfonamides is 1. The summed E-state index contributed by atoms with van der Waals surface area (Å²) in [5, 5.41) is 0. The minimum absolute atomic E-state index is 0. The van der Waals surface area contributed by atoms with Crippen molar-refractivity contribution >= 4 is 34.3 Å². The molecule has 0 radical (unpaired) electrons. The molecule has 12 heteroatoms. The first-order valence-electron chi connectivity index (χ1n) is 15.0. The van der Waals surface area contributed by atoms with Gasteiger partial charge in [-0.15, -0.1) is 12.4 Å². The third-order valence-corrected chi connectivity index (χ3v) is 10.8. The average Bonchev–Trinajstić information content (AvgIpc) is 3.18. The van der Waals surface area contributed by atoms with Gasteiger partial charge in [-0.3, -0.25) is 9.69 Å². The minimum Gasteiger partial charge on any atom is -0.471 e. The van der Waals surface area contributed by atoms with Gasteiger partial charge < -0.3 is 14.4 Å². The lowest BCUT2D eigenvalue weighted by molar-refractivity contribution is -0.138. The number of amides is 1. The van der Waals surface area contributed by atoms with E-state index in [9.17, 15) is 13.2 Å². The third kappa shape index (κ3) is 5.90. The summed E-state index contributed by atoms with van der Waals surface area (Å²) in [6.45, 7) is 8.00. The van der Waals surface area contributed by atoms with Crippen LogP contribution < -0.4 is 9.46 Å². The predicted molar refractivity (Wildman–Crippen MR) is 169 cm³/mol. The summed E-state index contributed by atoms with van der Waals surface area (Å²) >= 11 is 0. The van der Waals surface area contributed by atoms with E-state index in [-0.39, 0.29) is 41.1 Å². The highest BCUT2D eigenvalue weighted by Crippen LogP contribution is 2.43. The minimum atomic E-state index is -4.08. The maximum atomic E-state index is 13.8. The van der Waals surface area contributed by atoms with E-state index in [1.54, 1.807) is 23.1 Å². The Balaban J connectivity index is 0.00000343. The lowest BCUT2D eigenvalue weighted by Gasteiger charge is -2.48. The number of anilines is 1. The Kier molecular flexibility index (Phi) is 8.34. The number of fused-ring (bicyclic) bond motifs is 6. The van der Waals surface area contributed by atoms with E-state index in [4.69, 9.17) is 9.47 Å². The van der Waals surface area contributed by atoms with Gasteiger partial charge in [-0.05, 0) is 68.9 Å². The molecule has 2 saturated heterocycles. The molecule has 3 aromatic rings. The van der Waals surface area contributed by atoms with Crippen LogP contribution in [0.15, 0.2) is 53.4 Å². The number of carbonyl (C=O) groups excluding carboxylic acids is 1. The molecular formula is C32H38ClN5O5S. The Morgan fingerprint density at radius 3 is 2.39 bits per heavy atom. The van der Waals surface area contributed by atoms with Gasteiger partial charge in [0.15, 0.2) is 0 Å². The molecule has 7 rings (SSSR count). The molecule has 0 unspecified atom stereocenters. The Hall–Kier alpha value is -3.25. The van der Waals surface area contributed by atoms with Gasteiger partial charge >= 0.3 is 0 Å². The molecule has 1 N–H and O–H groups in total. The number of hydrogen-bond donors (Lipinski definition) is 1. The first kappa shape index (κ1) is 30.8. The molecule has 1 aromatic heterocycles. The number of ether oxygens (including phenoxy) is 2. The van der Waals surface area contributed by atoms with Gasteiger partial charge in [-0.1, -0.05) is 24.3 Å². The normalized spacial score (nSPS) is 23.0. The molecular weight excluding hydrogens is 602 g/mol. The van der Waals surface area contributed by atoms with Crippen LogP contribution in [-0.2, 0) is 14.8 Å². The van der Waals surface area contributed by atoms with Crippen LogP contribution in [0, 0.1) is 19.3 Å². The highest BCUT2D eigenvalue weighted by Gasteiger charge is 2.43. The van der Waals surface area contributed by atoms with Crippen LogP contribution in [0.4, 0.5) is 5.95 Å². The molecule has 4 heterocycles. The lowest BCUT2D eigenvalue weighted by Crippen LogP contribution is -2.50. The number of hydrogen-bond acceptors (Lipinski definition) is 8. The summed E-state index contributed by atoms with van der Waals surface area (Å²) in [5.74, 6) is -0.0199. The van der Waals surface area contributed by atoms with E-state index in [2.05, 4.69) is 19.6 Å². The molecule has 1 atom stereocenters. The van der Waals surface area contributed by atoms with E-state index >= 15 is 0 Å². The molecule has 1 spiro atoms. The first-order chi connectivity index (χ1) is 20.7. The highest BCUT2D eigenvalue weighted by atomic mass is 35.5. The van der Waals surface area contributed by atoms with Crippen LogP contribution in [0.2, 0.25) is 0 Å². The van der Waals surface area contributed by atoms with Crippen molar-refractivity contribution in [3.8, 4) is 17.1 Å². The number of rotatable bonds is 2. The Labute approximate surface area is 264 Å². The van der Waals surface area contributed by atoms with Crippen molar-refractivity contribution in [2.45, 2.75) is 56.6 Å². The summed E-state index contributed by atoms with van der Waals surface area (Å²) in [5.41, 5.74) is 4.16. The fourth-order valence-electron chi connectivity index (χ4n) is 7.05. The van der Waals surface area contributed by atoms with E-state index < -0.39 is 10.0 Å². The largest absolute Gasteiger partial charge is 0.471 e. The number of aromatic nitrogens is 2. The second-order valence-corrected chi connectivity index (χ2v) is 14.2. The Morgan fingerprint density at radius 2 is 1.68 bits per heavy atom. The van der Waals surface area contributed by atoms with Crippen molar-refractivity contribution in [2.24, 2.45) is 5.41 Å². The van der Waals surface area contributed by atoms with Crippen LogP contribution in [-0.4, -0.2) is 85.6 Å². The molecule has 10 nitrogen and oxygen atoms in total. The fourth-order valence-corrected chi connectivity index (χ4v) is 8.04. The summed E-state index contributed by atoms with van der Waals surface area (Å²) in [6, 6.07) is 14.3.